The summed E-state index contributed by atoms with van der Waals surface area (Å²) in [6, 6.07) is 0.460. The number of anilines is 2. The van der Waals surface area contributed by atoms with Gasteiger partial charge in [-0.15, -0.1) is 0 Å². The molecule has 0 radical (unpaired) electrons. The number of nitrogens with one attached hydrogen (secondary N) is 1. The van der Waals surface area contributed by atoms with Crippen LogP contribution in [0.15, 0.2) is 0 Å². The maximum Gasteiger partial charge on any atom is 0.231 e. The van der Waals surface area contributed by atoms with Crippen molar-refractivity contribution in [3.8, 4) is 0 Å². The molecule has 0 spiro atoms. The topological polar surface area (TPSA) is 53.9 Å². The highest BCUT2D eigenvalue weighted by Gasteiger charge is 2.21. The standard InChI is InChI=1S/C15H24ClN5/c1-11-6-5-7-12(10-11)17-14-18-13(16)19-15(20-14)21-8-3-2-4-9-21/h11-12H,2-10H2,1H3,(H,17,18,19,20). The van der Waals surface area contributed by atoms with Crippen molar-refractivity contribution in [2.75, 3.05) is 23.3 Å². The Morgan fingerprint density at radius 1 is 1.05 bits per heavy atom. The SMILES string of the molecule is CC1CCCC(Nc2nc(Cl)nc(N3CCCCC3)n2)C1. The number of hydrogen-bond acceptors (Lipinski definition) is 5. The normalized spacial score (nSPS) is 26.7. The lowest BCUT2D eigenvalue weighted by molar-refractivity contribution is 0.357. The second-order valence-electron chi connectivity index (χ2n) is 6.39. The summed E-state index contributed by atoms with van der Waals surface area (Å²) in [6.45, 7) is 4.34. The molecule has 1 aliphatic heterocycles. The molecule has 0 aromatic carbocycles. The zero-order chi connectivity index (χ0) is 14.7. The second kappa shape index (κ2) is 6.77. The molecule has 1 aromatic rings. The molecule has 0 bridgehead atoms. The van der Waals surface area contributed by atoms with E-state index in [9.17, 15) is 0 Å². The lowest BCUT2D eigenvalue weighted by Crippen LogP contribution is -2.32. The summed E-state index contributed by atoms with van der Waals surface area (Å²) in [5.41, 5.74) is 0. The largest absolute Gasteiger partial charge is 0.351 e. The smallest absolute Gasteiger partial charge is 0.231 e. The van der Waals surface area contributed by atoms with Crippen LogP contribution in [0.4, 0.5) is 11.9 Å². The molecule has 1 aliphatic carbocycles. The predicted octanol–water partition coefficient (Wildman–Crippen LogP) is 3.51. The maximum atomic E-state index is 6.09. The van der Waals surface area contributed by atoms with Gasteiger partial charge < -0.3 is 10.2 Å². The van der Waals surface area contributed by atoms with E-state index in [2.05, 4.69) is 32.1 Å². The zero-order valence-electron chi connectivity index (χ0n) is 12.7. The van der Waals surface area contributed by atoms with Crippen LogP contribution in [0.2, 0.25) is 5.28 Å². The van der Waals surface area contributed by atoms with E-state index in [4.69, 9.17) is 11.6 Å². The Kier molecular flexibility index (Phi) is 4.78. The summed E-state index contributed by atoms with van der Waals surface area (Å²) >= 11 is 6.09. The monoisotopic (exact) mass is 309 g/mol. The summed E-state index contributed by atoms with van der Waals surface area (Å²) < 4.78 is 0. The second-order valence-corrected chi connectivity index (χ2v) is 6.73. The van der Waals surface area contributed by atoms with Crippen molar-refractivity contribution < 1.29 is 0 Å². The van der Waals surface area contributed by atoms with Gasteiger partial charge in [0, 0.05) is 19.1 Å². The molecular weight excluding hydrogens is 286 g/mol. The fraction of sp³-hybridized carbons (Fsp3) is 0.800. The van der Waals surface area contributed by atoms with Gasteiger partial charge in [-0.3, -0.25) is 0 Å². The molecule has 116 valence electrons. The molecule has 5 nitrogen and oxygen atoms in total. The summed E-state index contributed by atoms with van der Waals surface area (Å²) in [7, 11) is 0. The molecular formula is C15H24ClN5. The highest BCUT2D eigenvalue weighted by molar-refractivity contribution is 6.28. The number of halogens is 1. The van der Waals surface area contributed by atoms with E-state index in [1.807, 2.05) is 0 Å². The first-order chi connectivity index (χ1) is 10.2. The quantitative estimate of drug-likeness (QED) is 0.926. The van der Waals surface area contributed by atoms with E-state index in [-0.39, 0.29) is 5.28 Å². The molecule has 1 aromatic heterocycles. The lowest BCUT2D eigenvalue weighted by Gasteiger charge is -2.29. The Bertz CT molecular complexity index is 475. The summed E-state index contributed by atoms with van der Waals surface area (Å²) in [5, 5.41) is 3.75. The fourth-order valence-electron chi connectivity index (χ4n) is 3.39. The van der Waals surface area contributed by atoms with Crippen molar-refractivity contribution in [1.29, 1.82) is 0 Å². The molecule has 0 amide bonds. The number of nitrogens with zero attached hydrogens (tertiary/aromatic N) is 4. The molecule has 2 heterocycles. The van der Waals surface area contributed by atoms with Crippen LogP contribution in [-0.4, -0.2) is 34.1 Å². The molecule has 1 saturated heterocycles. The predicted molar refractivity (Wildman–Crippen MR) is 85.9 cm³/mol. The average molecular weight is 310 g/mol. The third-order valence-corrected chi connectivity index (χ3v) is 4.67. The van der Waals surface area contributed by atoms with E-state index in [1.54, 1.807) is 0 Å². The molecule has 1 N–H and O–H groups in total. The van der Waals surface area contributed by atoms with Crippen molar-refractivity contribution in [2.45, 2.75) is 57.9 Å². The van der Waals surface area contributed by atoms with Crippen LogP contribution in [0.3, 0.4) is 0 Å². The van der Waals surface area contributed by atoms with Gasteiger partial charge in [0.1, 0.15) is 0 Å². The highest BCUT2D eigenvalue weighted by Crippen LogP contribution is 2.26. The first-order valence-electron chi connectivity index (χ1n) is 8.14. The minimum Gasteiger partial charge on any atom is -0.351 e. The molecule has 3 rings (SSSR count). The van der Waals surface area contributed by atoms with Crippen LogP contribution in [0.1, 0.15) is 51.9 Å². The maximum absolute atomic E-state index is 6.09. The molecule has 2 fully saturated rings. The summed E-state index contributed by atoms with van der Waals surface area (Å²) in [4.78, 5) is 15.3. The first-order valence-corrected chi connectivity index (χ1v) is 8.51. The van der Waals surface area contributed by atoms with E-state index in [1.165, 1.54) is 44.9 Å². The Labute approximate surface area is 131 Å². The zero-order valence-corrected chi connectivity index (χ0v) is 13.4. The molecule has 21 heavy (non-hydrogen) atoms. The average Bonchev–Trinajstić information content (AvgIpc) is 2.47. The minimum atomic E-state index is 0.289. The van der Waals surface area contributed by atoms with Gasteiger partial charge in [-0.2, -0.15) is 15.0 Å². The Morgan fingerprint density at radius 2 is 1.86 bits per heavy atom. The fourth-order valence-corrected chi connectivity index (χ4v) is 3.54. The van der Waals surface area contributed by atoms with Crippen LogP contribution in [0.5, 0.6) is 0 Å². The number of aromatic nitrogens is 3. The van der Waals surface area contributed by atoms with E-state index < -0.39 is 0 Å². The van der Waals surface area contributed by atoms with Gasteiger partial charge in [-0.25, -0.2) is 0 Å². The van der Waals surface area contributed by atoms with Gasteiger partial charge in [0.25, 0.3) is 0 Å². The van der Waals surface area contributed by atoms with Crippen LogP contribution in [0.25, 0.3) is 0 Å². The Balaban J connectivity index is 1.71. The van der Waals surface area contributed by atoms with Gasteiger partial charge in [0.15, 0.2) is 0 Å². The van der Waals surface area contributed by atoms with Crippen molar-refractivity contribution in [1.82, 2.24) is 15.0 Å². The van der Waals surface area contributed by atoms with Gasteiger partial charge in [0.05, 0.1) is 0 Å². The molecule has 2 aliphatic rings. The van der Waals surface area contributed by atoms with Gasteiger partial charge >= 0.3 is 0 Å². The van der Waals surface area contributed by atoms with Crippen LogP contribution in [-0.2, 0) is 0 Å². The van der Waals surface area contributed by atoms with Crippen LogP contribution < -0.4 is 10.2 Å². The molecule has 2 atom stereocenters. The van der Waals surface area contributed by atoms with Crippen LogP contribution >= 0.6 is 11.6 Å². The lowest BCUT2D eigenvalue weighted by atomic mass is 9.87. The Hall–Kier alpha value is -1.10. The first kappa shape index (κ1) is 14.8. The summed E-state index contributed by atoms with van der Waals surface area (Å²) in [5.74, 6) is 2.13. The summed E-state index contributed by atoms with van der Waals surface area (Å²) in [6.07, 6.45) is 8.67. The third-order valence-electron chi connectivity index (χ3n) is 4.50. The van der Waals surface area contributed by atoms with Crippen molar-refractivity contribution in [3.05, 3.63) is 5.28 Å². The number of piperidine rings is 1. The van der Waals surface area contributed by atoms with Crippen molar-refractivity contribution in [2.24, 2.45) is 5.92 Å². The molecule has 2 unspecified atom stereocenters. The Morgan fingerprint density at radius 3 is 2.62 bits per heavy atom. The number of rotatable bonds is 3. The molecule has 1 saturated carbocycles. The van der Waals surface area contributed by atoms with E-state index in [0.717, 1.165) is 25.0 Å². The van der Waals surface area contributed by atoms with Gasteiger partial charge in [-0.05, 0) is 49.6 Å². The van der Waals surface area contributed by atoms with E-state index in [0.29, 0.717) is 12.0 Å². The highest BCUT2D eigenvalue weighted by atomic mass is 35.5. The van der Waals surface area contributed by atoms with E-state index >= 15 is 0 Å². The minimum absolute atomic E-state index is 0.289. The van der Waals surface area contributed by atoms with Crippen molar-refractivity contribution >= 4 is 23.5 Å². The van der Waals surface area contributed by atoms with Gasteiger partial charge in [0.2, 0.25) is 17.2 Å². The third kappa shape index (κ3) is 3.96. The van der Waals surface area contributed by atoms with Gasteiger partial charge in [-0.1, -0.05) is 19.8 Å². The molecule has 6 heteroatoms. The van der Waals surface area contributed by atoms with Crippen LogP contribution in [0, 0.1) is 5.92 Å². The van der Waals surface area contributed by atoms with Crippen molar-refractivity contribution in [3.63, 3.8) is 0 Å². The number of hydrogen-bond donors (Lipinski definition) is 1.